The number of halogens is 2. The van der Waals surface area contributed by atoms with E-state index in [1.807, 2.05) is 18.2 Å². The molecule has 0 aliphatic rings. The molecule has 0 aliphatic heterocycles. The number of rotatable bonds is 7. The molecule has 154 valence electrons. The Hall–Kier alpha value is -3.66. The van der Waals surface area contributed by atoms with Crippen LogP contribution in [0.1, 0.15) is 21.5 Å². The average Bonchev–Trinajstić information content (AvgIpc) is 2.77. The topological polar surface area (TPSA) is 93.2 Å². The summed E-state index contributed by atoms with van der Waals surface area (Å²) in [6.45, 7) is 0.170. The lowest BCUT2D eigenvalue weighted by molar-refractivity contribution is -0.384. The number of allylic oxidation sites excluding steroid dienone is 1. The van der Waals surface area contributed by atoms with Gasteiger partial charge in [0.1, 0.15) is 24.0 Å². The molecule has 6 nitrogen and oxygen atoms in total. The largest absolute Gasteiger partial charge is 0.488 e. The van der Waals surface area contributed by atoms with Crippen molar-refractivity contribution in [1.29, 1.82) is 5.26 Å². The first-order valence-corrected chi connectivity index (χ1v) is 9.71. The predicted molar refractivity (Wildman–Crippen MR) is 118 cm³/mol. The van der Waals surface area contributed by atoms with Crippen molar-refractivity contribution in [3.63, 3.8) is 0 Å². The zero-order valence-electron chi connectivity index (χ0n) is 15.9. The van der Waals surface area contributed by atoms with Crippen molar-refractivity contribution in [2.45, 2.75) is 6.61 Å². The lowest BCUT2D eigenvalue weighted by Crippen LogP contribution is -2.03. The van der Waals surface area contributed by atoms with Crippen molar-refractivity contribution in [3.05, 3.63) is 109 Å². The molecule has 31 heavy (non-hydrogen) atoms. The number of carbonyl (C=O) groups excluding carboxylic acids is 1. The van der Waals surface area contributed by atoms with Gasteiger partial charge in [-0.05, 0) is 30.3 Å². The first-order chi connectivity index (χ1) is 14.9. The van der Waals surface area contributed by atoms with Gasteiger partial charge in [-0.25, -0.2) is 0 Å². The molecule has 0 saturated carbocycles. The standard InChI is InChI=1S/C23H14Cl2N2O4/c24-19-8-9-22(31-14-16-4-1-2-7-21(16)25)17(11-19)10-18(13-26)23(28)15-5-3-6-20(12-15)27(29)30/h1-12H,14H2/b18-10+. The number of carbonyl (C=O) groups is 1. The number of nitro benzene ring substituents is 1. The molecule has 0 bridgehead atoms. The number of nitriles is 1. The first-order valence-electron chi connectivity index (χ1n) is 8.95. The van der Waals surface area contributed by atoms with Crippen molar-refractivity contribution in [2.24, 2.45) is 0 Å². The van der Waals surface area contributed by atoms with Crippen LogP contribution in [-0.4, -0.2) is 10.7 Å². The summed E-state index contributed by atoms with van der Waals surface area (Å²) in [5, 5.41) is 21.4. The van der Waals surface area contributed by atoms with Crippen LogP contribution < -0.4 is 4.74 Å². The van der Waals surface area contributed by atoms with E-state index in [0.717, 1.165) is 11.6 Å². The van der Waals surface area contributed by atoms with Gasteiger partial charge in [0.2, 0.25) is 5.78 Å². The van der Waals surface area contributed by atoms with Crippen molar-refractivity contribution < 1.29 is 14.5 Å². The van der Waals surface area contributed by atoms with Crippen LogP contribution in [0.4, 0.5) is 5.69 Å². The molecule has 0 radical (unpaired) electrons. The number of nitrogens with zero attached hydrogens (tertiary/aromatic N) is 2. The van der Waals surface area contributed by atoms with Gasteiger partial charge in [-0.15, -0.1) is 0 Å². The van der Waals surface area contributed by atoms with Crippen LogP contribution in [0, 0.1) is 21.4 Å². The highest BCUT2D eigenvalue weighted by Crippen LogP contribution is 2.28. The maximum atomic E-state index is 12.8. The van der Waals surface area contributed by atoms with Gasteiger partial charge in [0, 0.05) is 38.9 Å². The molecule has 0 spiro atoms. The Labute approximate surface area is 188 Å². The summed E-state index contributed by atoms with van der Waals surface area (Å²) >= 11 is 12.2. The molecule has 0 amide bonds. The fraction of sp³-hybridized carbons (Fsp3) is 0.0435. The molecule has 3 aromatic carbocycles. The third kappa shape index (κ3) is 5.48. The Bertz CT molecular complexity index is 1230. The van der Waals surface area contributed by atoms with E-state index < -0.39 is 10.7 Å². The summed E-state index contributed by atoms with van der Waals surface area (Å²) in [6.07, 6.45) is 1.34. The summed E-state index contributed by atoms with van der Waals surface area (Å²) in [7, 11) is 0. The first kappa shape index (κ1) is 22.0. The molecule has 0 aromatic heterocycles. The Morgan fingerprint density at radius 3 is 2.58 bits per heavy atom. The highest BCUT2D eigenvalue weighted by atomic mass is 35.5. The molecule has 3 rings (SSSR count). The highest BCUT2D eigenvalue weighted by Gasteiger charge is 2.17. The minimum atomic E-state index is -0.650. The molecule has 0 N–H and O–H groups in total. The van der Waals surface area contributed by atoms with E-state index in [1.165, 1.54) is 24.3 Å². The smallest absolute Gasteiger partial charge is 0.270 e. The van der Waals surface area contributed by atoms with Gasteiger partial charge in [-0.2, -0.15) is 5.26 Å². The number of nitro groups is 1. The summed E-state index contributed by atoms with van der Waals surface area (Å²) in [5.41, 5.74) is 0.750. The van der Waals surface area contributed by atoms with Gasteiger partial charge in [-0.1, -0.05) is 53.5 Å². The lowest BCUT2D eigenvalue weighted by atomic mass is 10.0. The van der Waals surface area contributed by atoms with Crippen molar-refractivity contribution >= 4 is 40.7 Å². The Kier molecular flexibility index (Phi) is 7.03. The summed E-state index contributed by atoms with van der Waals surface area (Å²) in [4.78, 5) is 23.1. The third-order valence-corrected chi connectivity index (χ3v) is 4.90. The van der Waals surface area contributed by atoms with E-state index in [9.17, 15) is 20.2 Å². The van der Waals surface area contributed by atoms with Crippen LogP contribution in [0.3, 0.4) is 0 Å². The van der Waals surface area contributed by atoms with Crippen LogP contribution in [-0.2, 0) is 6.61 Å². The molecule has 0 fully saturated rings. The quantitative estimate of drug-likeness (QED) is 0.138. The fourth-order valence-electron chi connectivity index (χ4n) is 2.75. The maximum absolute atomic E-state index is 12.8. The van der Waals surface area contributed by atoms with Gasteiger partial charge >= 0.3 is 0 Å². The molecule has 0 aliphatic carbocycles. The number of benzene rings is 3. The average molecular weight is 453 g/mol. The zero-order valence-corrected chi connectivity index (χ0v) is 17.4. The second-order valence-electron chi connectivity index (χ2n) is 6.37. The van der Waals surface area contributed by atoms with Gasteiger partial charge in [0.25, 0.3) is 5.69 Å². The second kappa shape index (κ2) is 9.90. The molecule has 3 aromatic rings. The van der Waals surface area contributed by atoms with Crippen molar-refractivity contribution in [2.75, 3.05) is 0 Å². The molecule has 0 atom stereocenters. The summed E-state index contributed by atoms with van der Waals surface area (Å²) < 4.78 is 5.84. The van der Waals surface area contributed by atoms with E-state index in [4.69, 9.17) is 27.9 Å². The van der Waals surface area contributed by atoms with Crippen LogP contribution in [0.2, 0.25) is 10.0 Å². The maximum Gasteiger partial charge on any atom is 0.270 e. The minimum absolute atomic E-state index is 0.0302. The fourth-order valence-corrected chi connectivity index (χ4v) is 3.13. The normalized spacial score (nSPS) is 10.9. The predicted octanol–water partition coefficient (Wildman–Crippen LogP) is 6.27. The Morgan fingerprint density at radius 2 is 1.87 bits per heavy atom. The molecule has 8 heteroatoms. The van der Waals surface area contributed by atoms with Gasteiger partial charge in [0.15, 0.2) is 0 Å². The monoisotopic (exact) mass is 452 g/mol. The highest BCUT2D eigenvalue weighted by molar-refractivity contribution is 6.31. The van der Waals surface area contributed by atoms with E-state index in [-0.39, 0.29) is 23.4 Å². The summed E-state index contributed by atoms with van der Waals surface area (Å²) in [6, 6.07) is 19.0. The molecular weight excluding hydrogens is 439 g/mol. The van der Waals surface area contributed by atoms with Crippen LogP contribution >= 0.6 is 23.2 Å². The second-order valence-corrected chi connectivity index (χ2v) is 7.21. The zero-order chi connectivity index (χ0) is 22.4. The van der Waals surface area contributed by atoms with Crippen molar-refractivity contribution in [3.8, 4) is 11.8 Å². The Morgan fingerprint density at radius 1 is 1.10 bits per heavy atom. The van der Waals surface area contributed by atoms with E-state index in [1.54, 1.807) is 30.3 Å². The van der Waals surface area contributed by atoms with Crippen LogP contribution in [0.5, 0.6) is 5.75 Å². The van der Waals surface area contributed by atoms with Gasteiger partial charge in [0.05, 0.1) is 4.92 Å². The van der Waals surface area contributed by atoms with Crippen LogP contribution in [0.15, 0.2) is 72.3 Å². The number of hydrogen-bond donors (Lipinski definition) is 0. The SMILES string of the molecule is N#C/C(=C\c1cc(Cl)ccc1OCc1ccccc1Cl)C(=O)c1cccc([N+](=O)[O-])c1. The van der Waals surface area contributed by atoms with E-state index in [0.29, 0.717) is 21.4 Å². The van der Waals surface area contributed by atoms with Crippen LogP contribution in [0.25, 0.3) is 6.08 Å². The van der Waals surface area contributed by atoms with Gasteiger partial charge in [-0.3, -0.25) is 14.9 Å². The number of non-ortho nitro benzene ring substituents is 1. The van der Waals surface area contributed by atoms with E-state index in [2.05, 4.69) is 0 Å². The third-order valence-electron chi connectivity index (χ3n) is 4.30. The lowest BCUT2D eigenvalue weighted by Gasteiger charge is -2.11. The van der Waals surface area contributed by atoms with E-state index >= 15 is 0 Å². The molecular formula is C23H14Cl2N2O4. The number of Topliss-reactive ketones (excluding diaryl/α,β-unsaturated/α-hetero) is 1. The Balaban J connectivity index is 1.93. The minimum Gasteiger partial charge on any atom is -0.488 e. The molecule has 0 heterocycles. The molecule has 0 unspecified atom stereocenters. The van der Waals surface area contributed by atoms with Crippen molar-refractivity contribution in [1.82, 2.24) is 0 Å². The molecule has 0 saturated heterocycles. The summed E-state index contributed by atoms with van der Waals surface area (Å²) in [5.74, 6) is -0.257. The number of ether oxygens (including phenoxy) is 1. The van der Waals surface area contributed by atoms with Gasteiger partial charge < -0.3 is 4.74 Å². The number of hydrogen-bond acceptors (Lipinski definition) is 5. The number of ketones is 1.